The average molecular weight is 426 g/mol. The Labute approximate surface area is 177 Å². The number of fused-ring (bicyclic) bond motifs is 2. The van der Waals surface area contributed by atoms with Crippen molar-refractivity contribution in [2.75, 3.05) is 13.2 Å². The van der Waals surface area contributed by atoms with Crippen LogP contribution in [0.5, 0.6) is 11.5 Å². The SMILES string of the molecule is O=C1N[C@@H](Cc2c[nH]c3ccccc23)C(=O)N1Cc1cc(Cl)c2c(c1)OCCCO2. The largest absolute Gasteiger partial charge is 0.489 e. The van der Waals surface area contributed by atoms with Crippen molar-refractivity contribution in [2.45, 2.75) is 25.4 Å². The molecule has 1 aromatic heterocycles. The van der Waals surface area contributed by atoms with Gasteiger partial charge in [-0.2, -0.15) is 0 Å². The molecule has 5 rings (SSSR count). The van der Waals surface area contributed by atoms with E-state index in [1.165, 1.54) is 4.90 Å². The van der Waals surface area contributed by atoms with Gasteiger partial charge in [-0.25, -0.2) is 4.79 Å². The summed E-state index contributed by atoms with van der Waals surface area (Å²) in [4.78, 5) is 29.9. The van der Waals surface area contributed by atoms with E-state index in [0.29, 0.717) is 41.7 Å². The minimum atomic E-state index is -0.604. The Hall–Kier alpha value is -3.19. The molecule has 0 spiro atoms. The second-order valence-corrected chi connectivity index (χ2v) is 7.85. The van der Waals surface area contributed by atoms with Gasteiger partial charge in [-0.05, 0) is 29.3 Å². The second kappa shape index (κ2) is 7.57. The van der Waals surface area contributed by atoms with Gasteiger partial charge < -0.3 is 19.8 Å². The molecule has 3 aromatic rings. The van der Waals surface area contributed by atoms with Crippen LogP contribution in [0, 0.1) is 0 Å². The highest BCUT2D eigenvalue weighted by Gasteiger charge is 2.38. The number of aromatic nitrogens is 1. The van der Waals surface area contributed by atoms with Gasteiger partial charge in [0, 0.05) is 29.9 Å². The Morgan fingerprint density at radius 2 is 1.97 bits per heavy atom. The maximum absolute atomic E-state index is 13.0. The first-order chi connectivity index (χ1) is 14.6. The number of ether oxygens (including phenoxy) is 2. The number of benzene rings is 2. The minimum absolute atomic E-state index is 0.116. The molecule has 3 amide bonds. The summed E-state index contributed by atoms with van der Waals surface area (Å²) in [6.45, 7) is 1.18. The van der Waals surface area contributed by atoms with E-state index in [4.69, 9.17) is 21.1 Å². The van der Waals surface area contributed by atoms with Crippen LogP contribution < -0.4 is 14.8 Å². The first-order valence-corrected chi connectivity index (χ1v) is 10.2. The number of amides is 3. The lowest BCUT2D eigenvalue weighted by Crippen LogP contribution is -2.32. The molecule has 3 heterocycles. The fourth-order valence-electron chi connectivity index (χ4n) is 3.94. The molecule has 2 aliphatic heterocycles. The summed E-state index contributed by atoms with van der Waals surface area (Å²) in [5.74, 6) is 0.790. The number of urea groups is 1. The summed E-state index contributed by atoms with van der Waals surface area (Å²) in [7, 11) is 0. The quantitative estimate of drug-likeness (QED) is 0.625. The monoisotopic (exact) mass is 425 g/mol. The summed E-state index contributed by atoms with van der Waals surface area (Å²) >= 11 is 6.34. The van der Waals surface area contributed by atoms with Crippen molar-refractivity contribution in [1.82, 2.24) is 15.2 Å². The molecule has 0 aliphatic carbocycles. The van der Waals surface area contributed by atoms with Crippen LogP contribution in [0.4, 0.5) is 4.79 Å². The number of carbonyl (C=O) groups is 2. The molecular weight excluding hydrogens is 406 g/mol. The van der Waals surface area contributed by atoms with Gasteiger partial charge in [-0.1, -0.05) is 29.8 Å². The van der Waals surface area contributed by atoms with Crippen molar-refractivity contribution in [1.29, 1.82) is 0 Å². The first-order valence-electron chi connectivity index (χ1n) is 9.85. The van der Waals surface area contributed by atoms with Crippen LogP contribution in [0.1, 0.15) is 17.5 Å². The molecule has 7 nitrogen and oxygen atoms in total. The Morgan fingerprint density at radius 1 is 1.13 bits per heavy atom. The number of aromatic amines is 1. The summed E-state index contributed by atoms with van der Waals surface area (Å²) in [5, 5.41) is 4.26. The van der Waals surface area contributed by atoms with E-state index in [0.717, 1.165) is 22.9 Å². The summed E-state index contributed by atoms with van der Waals surface area (Å²) in [6.07, 6.45) is 3.08. The second-order valence-electron chi connectivity index (χ2n) is 7.45. The lowest BCUT2D eigenvalue weighted by atomic mass is 10.0. The smallest absolute Gasteiger partial charge is 0.325 e. The highest BCUT2D eigenvalue weighted by Crippen LogP contribution is 2.38. The zero-order valence-corrected chi connectivity index (χ0v) is 16.9. The first kappa shape index (κ1) is 18.8. The minimum Gasteiger partial charge on any atom is -0.489 e. The van der Waals surface area contributed by atoms with E-state index < -0.39 is 12.1 Å². The molecule has 1 fully saturated rings. The van der Waals surface area contributed by atoms with Crippen molar-refractivity contribution in [3.63, 3.8) is 0 Å². The van der Waals surface area contributed by atoms with E-state index in [1.807, 2.05) is 30.5 Å². The maximum atomic E-state index is 13.0. The van der Waals surface area contributed by atoms with Gasteiger partial charge in [0.25, 0.3) is 5.91 Å². The third-order valence-electron chi connectivity index (χ3n) is 5.41. The van der Waals surface area contributed by atoms with Crippen LogP contribution in [0.25, 0.3) is 10.9 Å². The van der Waals surface area contributed by atoms with E-state index in [9.17, 15) is 9.59 Å². The van der Waals surface area contributed by atoms with Gasteiger partial charge in [0.05, 0.1) is 24.8 Å². The molecule has 2 N–H and O–H groups in total. The normalized spacial score (nSPS) is 18.6. The Morgan fingerprint density at radius 3 is 2.87 bits per heavy atom. The van der Waals surface area contributed by atoms with Gasteiger partial charge in [-0.15, -0.1) is 0 Å². The fourth-order valence-corrected chi connectivity index (χ4v) is 4.23. The molecule has 0 saturated carbocycles. The van der Waals surface area contributed by atoms with Crippen LogP contribution in [-0.4, -0.2) is 41.1 Å². The highest BCUT2D eigenvalue weighted by molar-refractivity contribution is 6.32. The molecule has 8 heteroatoms. The Bertz CT molecular complexity index is 1140. The van der Waals surface area contributed by atoms with Gasteiger partial charge in [0.15, 0.2) is 11.5 Å². The fraction of sp³-hybridized carbons (Fsp3) is 0.273. The highest BCUT2D eigenvalue weighted by atomic mass is 35.5. The number of carbonyl (C=O) groups excluding carboxylic acids is 2. The molecule has 1 saturated heterocycles. The summed E-state index contributed by atoms with van der Waals surface area (Å²) < 4.78 is 11.3. The molecule has 0 radical (unpaired) electrons. The summed E-state index contributed by atoms with van der Waals surface area (Å²) in [5.41, 5.74) is 2.70. The van der Waals surface area contributed by atoms with Crippen LogP contribution >= 0.6 is 11.6 Å². The third kappa shape index (κ3) is 3.35. The number of para-hydroxylation sites is 1. The number of nitrogens with zero attached hydrogens (tertiary/aromatic N) is 1. The van der Waals surface area contributed by atoms with E-state index in [1.54, 1.807) is 12.1 Å². The van der Waals surface area contributed by atoms with Gasteiger partial charge in [0.1, 0.15) is 6.04 Å². The van der Waals surface area contributed by atoms with Crippen molar-refractivity contribution in [3.8, 4) is 11.5 Å². The Kier molecular flexibility index (Phi) is 4.75. The molecule has 0 bridgehead atoms. The molecule has 0 unspecified atom stereocenters. The predicted octanol–water partition coefficient (Wildman–Crippen LogP) is 3.65. The zero-order valence-electron chi connectivity index (χ0n) is 16.1. The number of hydrogen-bond donors (Lipinski definition) is 2. The Balaban J connectivity index is 1.35. The lowest BCUT2D eigenvalue weighted by Gasteiger charge is -2.16. The predicted molar refractivity (Wildman–Crippen MR) is 112 cm³/mol. The number of H-pyrrole nitrogens is 1. The van der Waals surface area contributed by atoms with Gasteiger partial charge in [0.2, 0.25) is 0 Å². The van der Waals surface area contributed by atoms with E-state index in [2.05, 4.69) is 10.3 Å². The number of hydrogen-bond acceptors (Lipinski definition) is 4. The van der Waals surface area contributed by atoms with Crippen LogP contribution in [0.15, 0.2) is 42.6 Å². The number of rotatable bonds is 4. The van der Waals surface area contributed by atoms with Crippen molar-refractivity contribution in [3.05, 3.63) is 58.7 Å². The molecule has 2 aromatic carbocycles. The van der Waals surface area contributed by atoms with Crippen molar-refractivity contribution >= 4 is 34.4 Å². The molecule has 1 atom stereocenters. The molecule has 30 heavy (non-hydrogen) atoms. The maximum Gasteiger partial charge on any atom is 0.325 e. The average Bonchev–Trinajstić information content (AvgIpc) is 3.13. The molecule has 2 aliphatic rings. The standard InChI is InChI=1S/C22H20ClN3O4/c23-16-8-13(9-19-20(16)30-7-3-6-29-19)12-26-21(27)18(25-22(26)28)10-14-11-24-17-5-2-1-4-15(14)17/h1-2,4-5,8-9,11,18,24H,3,6-7,10,12H2,(H,25,28)/t18-/m0/s1. The summed E-state index contributed by atoms with van der Waals surface area (Å²) in [6, 6.07) is 10.4. The van der Waals surface area contributed by atoms with Gasteiger partial charge in [-0.3, -0.25) is 9.69 Å². The number of halogens is 1. The molecule has 154 valence electrons. The number of nitrogens with one attached hydrogen (secondary N) is 2. The number of imide groups is 1. The van der Waals surface area contributed by atoms with Crippen molar-refractivity contribution in [2.24, 2.45) is 0 Å². The van der Waals surface area contributed by atoms with Crippen molar-refractivity contribution < 1.29 is 19.1 Å². The topological polar surface area (TPSA) is 83.7 Å². The van der Waals surface area contributed by atoms with Crippen LogP contribution in [0.2, 0.25) is 5.02 Å². The van der Waals surface area contributed by atoms with Crippen LogP contribution in [-0.2, 0) is 17.8 Å². The van der Waals surface area contributed by atoms with E-state index >= 15 is 0 Å². The third-order valence-corrected chi connectivity index (χ3v) is 5.69. The lowest BCUT2D eigenvalue weighted by molar-refractivity contribution is -0.127. The molecular formula is C22H20ClN3O4. The van der Waals surface area contributed by atoms with Crippen LogP contribution in [0.3, 0.4) is 0 Å². The zero-order chi connectivity index (χ0) is 20.7. The van der Waals surface area contributed by atoms with Gasteiger partial charge >= 0.3 is 6.03 Å². The van der Waals surface area contributed by atoms with E-state index in [-0.39, 0.29) is 12.5 Å².